The van der Waals surface area contributed by atoms with Gasteiger partial charge in [-0.3, -0.25) is 14.2 Å². The first kappa shape index (κ1) is 20.8. The molecule has 1 aliphatic heterocycles. The largest absolute Gasteiger partial charge is 0.325 e. The van der Waals surface area contributed by atoms with Crippen LogP contribution in [0.4, 0.5) is 5.69 Å². The highest BCUT2D eigenvalue weighted by Crippen LogP contribution is 2.29. The Balaban J connectivity index is 1.56. The summed E-state index contributed by atoms with van der Waals surface area (Å²) < 4.78 is 1.70. The third kappa shape index (κ3) is 4.63. The molecule has 0 unspecified atom stereocenters. The molecule has 0 atom stereocenters. The van der Waals surface area contributed by atoms with Gasteiger partial charge < -0.3 is 5.32 Å². The average Bonchev–Trinajstić information content (AvgIpc) is 3.21. The van der Waals surface area contributed by atoms with E-state index in [0.717, 1.165) is 45.1 Å². The average molecular weight is 438 g/mol. The van der Waals surface area contributed by atoms with E-state index in [9.17, 15) is 9.59 Å². The summed E-state index contributed by atoms with van der Waals surface area (Å²) in [4.78, 5) is 31.2. The fourth-order valence-electron chi connectivity index (χ4n) is 3.33. The number of thioether (sulfide) groups is 2. The van der Waals surface area contributed by atoms with Crippen LogP contribution in [0.3, 0.4) is 0 Å². The number of nitrogens with one attached hydrogen (secondary N) is 1. The van der Waals surface area contributed by atoms with E-state index in [1.165, 1.54) is 11.8 Å². The van der Waals surface area contributed by atoms with Crippen molar-refractivity contribution >= 4 is 35.1 Å². The number of amides is 1. The van der Waals surface area contributed by atoms with E-state index < -0.39 is 0 Å². The van der Waals surface area contributed by atoms with Gasteiger partial charge in [-0.25, -0.2) is 4.98 Å². The molecule has 2 aromatic carbocycles. The number of benzene rings is 2. The molecular weight excluding hydrogens is 414 g/mol. The number of carbonyl (C=O) groups excluding carboxylic acids is 1. The van der Waals surface area contributed by atoms with E-state index in [2.05, 4.69) is 5.32 Å². The van der Waals surface area contributed by atoms with Crippen molar-refractivity contribution in [2.45, 2.75) is 36.9 Å². The summed E-state index contributed by atoms with van der Waals surface area (Å²) in [6.07, 6.45) is 0.795. The molecule has 4 rings (SSSR count). The predicted octanol–water partition coefficient (Wildman–Crippen LogP) is 4.29. The zero-order valence-corrected chi connectivity index (χ0v) is 18.6. The van der Waals surface area contributed by atoms with E-state index in [1.807, 2.05) is 62.4 Å². The Morgan fingerprint density at radius 3 is 2.80 bits per heavy atom. The summed E-state index contributed by atoms with van der Waals surface area (Å²) in [6, 6.07) is 15.8. The van der Waals surface area contributed by atoms with Crippen LogP contribution in [-0.2, 0) is 17.8 Å². The number of hydrogen-bond acceptors (Lipinski definition) is 5. The van der Waals surface area contributed by atoms with Crippen LogP contribution in [0.2, 0.25) is 0 Å². The molecule has 0 fully saturated rings. The maximum atomic E-state index is 13.1. The minimum absolute atomic E-state index is 0.0104. The second-order valence-electron chi connectivity index (χ2n) is 7.30. The van der Waals surface area contributed by atoms with Crippen LogP contribution >= 0.6 is 23.5 Å². The van der Waals surface area contributed by atoms with Crippen LogP contribution in [0.5, 0.6) is 0 Å². The van der Waals surface area contributed by atoms with Gasteiger partial charge in [-0.2, -0.15) is 0 Å². The Kier molecular flexibility index (Phi) is 6.29. The van der Waals surface area contributed by atoms with E-state index in [0.29, 0.717) is 11.7 Å². The Morgan fingerprint density at radius 2 is 2.00 bits per heavy atom. The number of aromatic nitrogens is 2. The molecule has 1 aliphatic rings. The normalized spacial score (nSPS) is 12.6. The van der Waals surface area contributed by atoms with Gasteiger partial charge in [0.2, 0.25) is 5.91 Å². The van der Waals surface area contributed by atoms with Crippen molar-refractivity contribution in [2.75, 3.05) is 16.8 Å². The highest BCUT2D eigenvalue weighted by molar-refractivity contribution is 8.00. The summed E-state index contributed by atoms with van der Waals surface area (Å²) in [5.41, 5.74) is 4.81. The topological polar surface area (TPSA) is 64.0 Å². The van der Waals surface area contributed by atoms with Crippen molar-refractivity contribution in [3.8, 4) is 0 Å². The molecule has 2 heterocycles. The maximum absolute atomic E-state index is 13.1. The minimum Gasteiger partial charge on any atom is -0.325 e. The Labute approximate surface area is 184 Å². The number of anilines is 1. The van der Waals surface area contributed by atoms with Gasteiger partial charge >= 0.3 is 0 Å². The van der Waals surface area contributed by atoms with Crippen LogP contribution in [0.25, 0.3) is 0 Å². The maximum Gasteiger partial charge on any atom is 0.268 e. The van der Waals surface area contributed by atoms with Gasteiger partial charge in [0.15, 0.2) is 5.16 Å². The van der Waals surface area contributed by atoms with E-state index in [-0.39, 0.29) is 17.2 Å². The molecule has 7 heteroatoms. The van der Waals surface area contributed by atoms with Crippen molar-refractivity contribution in [1.82, 2.24) is 9.55 Å². The van der Waals surface area contributed by atoms with Crippen molar-refractivity contribution in [2.24, 2.45) is 0 Å². The van der Waals surface area contributed by atoms with Gasteiger partial charge in [-0.1, -0.05) is 54.2 Å². The molecule has 1 aromatic heterocycles. The molecule has 0 bridgehead atoms. The number of carbonyl (C=O) groups is 1. The van der Waals surface area contributed by atoms with Gasteiger partial charge in [-0.15, -0.1) is 11.8 Å². The standard InChI is InChI=1S/C23H23N3O2S2/c1-15-8-9-16(2)19(12-15)24-20(27)14-30-23-25-18-10-11-29-21(18)22(28)26(23)13-17-6-4-3-5-7-17/h3-9,12H,10-11,13-14H2,1-2H3,(H,24,27). The van der Waals surface area contributed by atoms with Gasteiger partial charge in [-0.05, 0) is 36.6 Å². The number of rotatable bonds is 6. The molecule has 0 radical (unpaired) electrons. The highest BCUT2D eigenvalue weighted by atomic mass is 32.2. The molecule has 154 valence electrons. The third-order valence-electron chi connectivity index (χ3n) is 4.93. The van der Waals surface area contributed by atoms with Crippen LogP contribution in [0, 0.1) is 13.8 Å². The van der Waals surface area contributed by atoms with Crippen molar-refractivity contribution in [3.63, 3.8) is 0 Å². The summed E-state index contributed by atoms with van der Waals surface area (Å²) in [5, 5.41) is 3.58. The number of aryl methyl sites for hydroxylation is 3. The Hall–Kier alpha value is -2.51. The molecule has 1 N–H and O–H groups in total. The third-order valence-corrected chi connectivity index (χ3v) is 7.01. The monoisotopic (exact) mass is 437 g/mol. The minimum atomic E-state index is -0.107. The molecule has 0 saturated heterocycles. The second-order valence-corrected chi connectivity index (χ2v) is 9.35. The number of fused-ring (bicyclic) bond motifs is 1. The fraction of sp³-hybridized carbons (Fsp3) is 0.261. The van der Waals surface area contributed by atoms with E-state index in [4.69, 9.17) is 4.98 Å². The summed E-state index contributed by atoms with van der Waals surface area (Å²) in [5.74, 6) is 0.967. The fourth-order valence-corrected chi connectivity index (χ4v) is 5.18. The lowest BCUT2D eigenvalue weighted by Crippen LogP contribution is -2.26. The number of hydrogen-bond donors (Lipinski definition) is 1. The molecule has 0 spiro atoms. The predicted molar refractivity (Wildman–Crippen MR) is 124 cm³/mol. The summed E-state index contributed by atoms with van der Waals surface area (Å²) in [7, 11) is 0. The quantitative estimate of drug-likeness (QED) is 0.460. The van der Waals surface area contributed by atoms with Crippen molar-refractivity contribution in [1.29, 1.82) is 0 Å². The van der Waals surface area contributed by atoms with E-state index in [1.54, 1.807) is 16.3 Å². The number of nitrogens with zero attached hydrogens (tertiary/aromatic N) is 2. The van der Waals surface area contributed by atoms with Crippen LogP contribution in [0.15, 0.2) is 63.4 Å². The van der Waals surface area contributed by atoms with Crippen LogP contribution in [-0.4, -0.2) is 27.0 Å². The van der Waals surface area contributed by atoms with Crippen molar-refractivity contribution in [3.05, 3.63) is 81.3 Å². The van der Waals surface area contributed by atoms with Gasteiger partial charge in [0.25, 0.3) is 5.56 Å². The first-order valence-electron chi connectivity index (χ1n) is 9.81. The molecule has 3 aromatic rings. The molecule has 1 amide bonds. The first-order valence-corrected chi connectivity index (χ1v) is 11.8. The summed E-state index contributed by atoms with van der Waals surface area (Å²) in [6.45, 7) is 4.42. The van der Waals surface area contributed by atoms with Crippen LogP contribution in [0.1, 0.15) is 22.4 Å². The van der Waals surface area contributed by atoms with Gasteiger partial charge in [0, 0.05) is 17.9 Å². The summed E-state index contributed by atoms with van der Waals surface area (Å²) >= 11 is 2.89. The second kappa shape index (κ2) is 9.10. The lowest BCUT2D eigenvalue weighted by Gasteiger charge is -2.14. The SMILES string of the molecule is Cc1ccc(C)c(NC(=O)CSc2nc3c(c(=O)n2Cc2ccccc2)SCC3)c1. The lowest BCUT2D eigenvalue weighted by molar-refractivity contribution is -0.113. The Morgan fingerprint density at radius 1 is 1.20 bits per heavy atom. The molecule has 0 saturated carbocycles. The van der Waals surface area contributed by atoms with Gasteiger partial charge in [0.1, 0.15) is 0 Å². The first-order chi connectivity index (χ1) is 14.5. The Bertz CT molecular complexity index is 1140. The van der Waals surface area contributed by atoms with E-state index >= 15 is 0 Å². The zero-order chi connectivity index (χ0) is 21.1. The van der Waals surface area contributed by atoms with Crippen LogP contribution < -0.4 is 10.9 Å². The molecule has 30 heavy (non-hydrogen) atoms. The zero-order valence-electron chi connectivity index (χ0n) is 17.0. The molecule has 0 aliphatic carbocycles. The van der Waals surface area contributed by atoms with Crippen molar-refractivity contribution < 1.29 is 4.79 Å². The lowest BCUT2D eigenvalue weighted by atomic mass is 10.1. The smallest absolute Gasteiger partial charge is 0.268 e. The molecule has 5 nitrogen and oxygen atoms in total. The van der Waals surface area contributed by atoms with Gasteiger partial charge in [0.05, 0.1) is 22.9 Å². The molecular formula is C23H23N3O2S2. The highest BCUT2D eigenvalue weighted by Gasteiger charge is 2.22.